The maximum atomic E-state index is 11.0. The SMILES string of the molecule is COC(=O)COc1ccc(/C=N\NCc2ccccc2OC)cc1. The van der Waals surface area contributed by atoms with Crippen molar-refractivity contribution in [3.8, 4) is 11.5 Å². The Bertz CT molecular complexity index is 684. The fourth-order valence-corrected chi connectivity index (χ4v) is 1.95. The minimum absolute atomic E-state index is 0.107. The normalized spacial score (nSPS) is 10.4. The molecule has 2 rings (SSSR count). The Balaban J connectivity index is 1.82. The van der Waals surface area contributed by atoms with Gasteiger partial charge in [0.15, 0.2) is 6.61 Å². The lowest BCUT2D eigenvalue weighted by Gasteiger charge is -2.07. The van der Waals surface area contributed by atoms with E-state index in [0.717, 1.165) is 16.9 Å². The number of hydrazone groups is 1. The van der Waals surface area contributed by atoms with Crippen molar-refractivity contribution in [1.82, 2.24) is 5.43 Å². The first-order valence-electron chi connectivity index (χ1n) is 7.40. The summed E-state index contributed by atoms with van der Waals surface area (Å²) >= 11 is 0. The molecule has 0 aromatic heterocycles. The molecule has 0 heterocycles. The van der Waals surface area contributed by atoms with E-state index in [4.69, 9.17) is 9.47 Å². The number of hydrogen-bond donors (Lipinski definition) is 1. The van der Waals surface area contributed by atoms with Crippen molar-refractivity contribution in [3.05, 3.63) is 59.7 Å². The molecule has 2 aromatic rings. The standard InChI is InChI=1S/C18H20N2O4/c1-22-17-6-4-3-5-15(17)12-20-19-11-14-7-9-16(10-8-14)24-13-18(21)23-2/h3-11,20H,12-13H2,1-2H3/b19-11-. The number of ether oxygens (including phenoxy) is 3. The van der Waals surface area contributed by atoms with Gasteiger partial charge in [-0.1, -0.05) is 18.2 Å². The fourth-order valence-electron chi connectivity index (χ4n) is 1.95. The first kappa shape index (κ1) is 17.3. The summed E-state index contributed by atoms with van der Waals surface area (Å²) in [4.78, 5) is 11.0. The lowest BCUT2D eigenvalue weighted by Crippen LogP contribution is -2.12. The molecule has 0 atom stereocenters. The minimum Gasteiger partial charge on any atom is -0.496 e. The monoisotopic (exact) mass is 328 g/mol. The van der Waals surface area contributed by atoms with E-state index in [1.54, 1.807) is 25.5 Å². The lowest BCUT2D eigenvalue weighted by atomic mass is 10.2. The summed E-state index contributed by atoms with van der Waals surface area (Å²) in [6, 6.07) is 15.0. The predicted octanol–water partition coefficient (Wildman–Crippen LogP) is 2.37. The van der Waals surface area contributed by atoms with Crippen LogP contribution in [0.2, 0.25) is 0 Å². The van der Waals surface area contributed by atoms with Crippen LogP contribution in [0.1, 0.15) is 11.1 Å². The van der Waals surface area contributed by atoms with Crippen molar-refractivity contribution in [2.45, 2.75) is 6.54 Å². The molecule has 0 aliphatic rings. The van der Waals surface area contributed by atoms with Crippen molar-refractivity contribution in [2.24, 2.45) is 5.10 Å². The molecule has 0 aliphatic heterocycles. The molecule has 0 saturated carbocycles. The molecule has 6 nitrogen and oxygen atoms in total. The summed E-state index contributed by atoms with van der Waals surface area (Å²) in [6.45, 7) is 0.464. The Hall–Kier alpha value is -3.02. The zero-order valence-electron chi connectivity index (χ0n) is 13.7. The van der Waals surface area contributed by atoms with E-state index in [9.17, 15) is 4.79 Å². The zero-order chi connectivity index (χ0) is 17.2. The van der Waals surface area contributed by atoms with Crippen LogP contribution in [0.5, 0.6) is 11.5 Å². The molecule has 0 aliphatic carbocycles. The minimum atomic E-state index is -0.416. The van der Waals surface area contributed by atoms with Gasteiger partial charge in [-0.05, 0) is 35.9 Å². The van der Waals surface area contributed by atoms with Crippen LogP contribution >= 0.6 is 0 Å². The van der Waals surface area contributed by atoms with Crippen molar-refractivity contribution < 1.29 is 19.0 Å². The van der Waals surface area contributed by atoms with E-state index < -0.39 is 5.97 Å². The van der Waals surface area contributed by atoms with Crippen LogP contribution in [0, 0.1) is 0 Å². The molecule has 2 aromatic carbocycles. The Morgan fingerprint density at radius 2 is 1.88 bits per heavy atom. The number of benzene rings is 2. The van der Waals surface area contributed by atoms with Gasteiger partial charge < -0.3 is 19.6 Å². The molecule has 0 unspecified atom stereocenters. The average molecular weight is 328 g/mol. The molecule has 1 N–H and O–H groups in total. The third kappa shape index (κ3) is 5.31. The number of hydrogen-bond acceptors (Lipinski definition) is 6. The van der Waals surface area contributed by atoms with Gasteiger partial charge in [0.1, 0.15) is 11.5 Å². The molecule has 0 amide bonds. The Kier molecular flexibility index (Phi) is 6.64. The molecule has 0 radical (unpaired) electrons. The van der Waals surface area contributed by atoms with Gasteiger partial charge in [0.25, 0.3) is 0 Å². The first-order chi connectivity index (χ1) is 11.7. The van der Waals surface area contributed by atoms with Gasteiger partial charge in [-0.3, -0.25) is 0 Å². The van der Waals surface area contributed by atoms with Gasteiger partial charge in [-0.15, -0.1) is 0 Å². The van der Waals surface area contributed by atoms with E-state index in [1.807, 2.05) is 36.4 Å². The van der Waals surface area contributed by atoms with E-state index >= 15 is 0 Å². The van der Waals surface area contributed by atoms with Gasteiger partial charge >= 0.3 is 5.97 Å². The highest BCUT2D eigenvalue weighted by Crippen LogP contribution is 2.16. The van der Waals surface area contributed by atoms with E-state index in [0.29, 0.717) is 12.3 Å². The fraction of sp³-hybridized carbons (Fsp3) is 0.222. The lowest BCUT2D eigenvalue weighted by molar-refractivity contribution is -0.142. The number of esters is 1. The van der Waals surface area contributed by atoms with Crippen LogP contribution in [-0.4, -0.2) is 33.0 Å². The second-order valence-corrected chi connectivity index (χ2v) is 4.84. The smallest absolute Gasteiger partial charge is 0.343 e. The number of carbonyl (C=O) groups is 1. The van der Waals surface area contributed by atoms with Crippen molar-refractivity contribution in [3.63, 3.8) is 0 Å². The van der Waals surface area contributed by atoms with Gasteiger partial charge in [0.2, 0.25) is 0 Å². The quantitative estimate of drug-likeness (QED) is 0.458. The van der Waals surface area contributed by atoms with Crippen LogP contribution in [-0.2, 0) is 16.1 Å². The maximum absolute atomic E-state index is 11.0. The molecule has 0 bridgehead atoms. The number of nitrogens with zero attached hydrogens (tertiary/aromatic N) is 1. The molecular formula is C18H20N2O4. The summed E-state index contributed by atoms with van der Waals surface area (Å²) in [5.74, 6) is 1.01. The topological polar surface area (TPSA) is 69.2 Å². The van der Waals surface area contributed by atoms with Gasteiger partial charge in [-0.2, -0.15) is 5.10 Å². The summed E-state index contributed by atoms with van der Waals surface area (Å²) in [5, 5.41) is 4.18. The summed E-state index contributed by atoms with van der Waals surface area (Å²) in [5.41, 5.74) is 4.93. The number of carbonyl (C=O) groups excluding carboxylic acids is 1. The van der Waals surface area contributed by atoms with E-state index in [-0.39, 0.29) is 6.61 Å². The van der Waals surface area contributed by atoms with Crippen LogP contribution in [0.3, 0.4) is 0 Å². The highest BCUT2D eigenvalue weighted by atomic mass is 16.6. The first-order valence-corrected chi connectivity index (χ1v) is 7.40. The number of nitrogens with one attached hydrogen (secondary N) is 1. The highest BCUT2D eigenvalue weighted by Gasteiger charge is 2.01. The van der Waals surface area contributed by atoms with E-state index in [1.165, 1.54) is 7.11 Å². The molecule has 0 spiro atoms. The maximum Gasteiger partial charge on any atom is 0.343 e. The van der Waals surface area contributed by atoms with Crippen molar-refractivity contribution in [1.29, 1.82) is 0 Å². The van der Waals surface area contributed by atoms with Gasteiger partial charge in [0, 0.05) is 5.56 Å². The Labute approximate surface area is 141 Å². The van der Waals surface area contributed by atoms with Crippen LogP contribution in [0.15, 0.2) is 53.6 Å². The molecular weight excluding hydrogens is 308 g/mol. The van der Waals surface area contributed by atoms with E-state index in [2.05, 4.69) is 15.3 Å². The van der Waals surface area contributed by atoms with Crippen LogP contribution < -0.4 is 14.9 Å². The molecule has 6 heteroatoms. The summed E-state index contributed by atoms with van der Waals surface area (Å²) < 4.78 is 15.1. The Morgan fingerprint density at radius 3 is 2.58 bits per heavy atom. The van der Waals surface area contributed by atoms with Gasteiger partial charge in [0.05, 0.1) is 27.0 Å². The number of para-hydroxylation sites is 1. The van der Waals surface area contributed by atoms with Crippen molar-refractivity contribution in [2.75, 3.05) is 20.8 Å². The van der Waals surface area contributed by atoms with Crippen molar-refractivity contribution >= 4 is 12.2 Å². The third-order valence-electron chi connectivity index (χ3n) is 3.23. The number of rotatable bonds is 8. The van der Waals surface area contributed by atoms with Crippen LogP contribution in [0.25, 0.3) is 0 Å². The second-order valence-electron chi connectivity index (χ2n) is 4.84. The molecule has 0 saturated heterocycles. The summed E-state index contributed by atoms with van der Waals surface area (Å²) in [6.07, 6.45) is 1.71. The highest BCUT2D eigenvalue weighted by molar-refractivity contribution is 5.79. The number of methoxy groups -OCH3 is 2. The second kappa shape index (κ2) is 9.19. The van der Waals surface area contributed by atoms with Crippen LogP contribution in [0.4, 0.5) is 0 Å². The zero-order valence-corrected chi connectivity index (χ0v) is 13.7. The molecule has 24 heavy (non-hydrogen) atoms. The Morgan fingerprint density at radius 1 is 1.12 bits per heavy atom. The third-order valence-corrected chi connectivity index (χ3v) is 3.23. The summed E-state index contributed by atoms with van der Waals surface area (Å²) in [7, 11) is 2.97. The average Bonchev–Trinajstić information content (AvgIpc) is 2.64. The molecule has 0 fully saturated rings. The largest absolute Gasteiger partial charge is 0.496 e. The predicted molar refractivity (Wildman–Crippen MR) is 91.4 cm³/mol. The molecule has 126 valence electrons. The van der Waals surface area contributed by atoms with Gasteiger partial charge in [-0.25, -0.2) is 4.79 Å².